The smallest absolute Gasteiger partial charge is 0.347 e. The highest BCUT2D eigenvalue weighted by molar-refractivity contribution is 5.98. The number of carbonyl (C=O) groups excluding carboxylic acids is 2. The van der Waals surface area contributed by atoms with Crippen LogP contribution in [0.4, 0.5) is 0 Å². The quantitative estimate of drug-likeness (QED) is 0.583. The minimum atomic E-state index is -0.626. The molecule has 0 spiro atoms. The molecule has 25 heavy (non-hydrogen) atoms. The van der Waals surface area contributed by atoms with Crippen molar-refractivity contribution in [2.45, 2.75) is 13.5 Å². The molecule has 0 radical (unpaired) electrons. The van der Waals surface area contributed by atoms with Gasteiger partial charge in [-0.15, -0.1) is 0 Å². The van der Waals surface area contributed by atoms with Crippen LogP contribution in [0.15, 0.2) is 60.7 Å². The van der Waals surface area contributed by atoms with Gasteiger partial charge in [-0.1, -0.05) is 42.5 Å². The van der Waals surface area contributed by atoms with Crippen LogP contribution in [-0.4, -0.2) is 17.0 Å². The third kappa shape index (κ3) is 3.51. The maximum atomic E-state index is 12.6. The van der Waals surface area contributed by atoms with Crippen molar-refractivity contribution in [3.8, 4) is 11.5 Å². The summed E-state index contributed by atoms with van der Waals surface area (Å²) < 4.78 is 10.6. The van der Waals surface area contributed by atoms with Crippen LogP contribution in [0.1, 0.15) is 22.8 Å². The lowest BCUT2D eigenvalue weighted by Gasteiger charge is -2.12. The lowest BCUT2D eigenvalue weighted by Crippen LogP contribution is -2.12. The van der Waals surface area contributed by atoms with Gasteiger partial charge in [0.15, 0.2) is 0 Å². The molecule has 0 saturated carbocycles. The number of ether oxygens (including phenoxy) is 2. The van der Waals surface area contributed by atoms with Crippen LogP contribution in [0.2, 0.25) is 0 Å². The SMILES string of the molecule is CC(=O)Oc1ccccc1C(=O)Oc1ccc(CO)c2ccccc12. The molecule has 0 aliphatic carbocycles. The topological polar surface area (TPSA) is 72.8 Å². The molecular formula is C20H16O5. The van der Waals surface area contributed by atoms with E-state index in [9.17, 15) is 14.7 Å². The molecule has 0 heterocycles. The van der Waals surface area contributed by atoms with E-state index in [4.69, 9.17) is 9.47 Å². The van der Waals surface area contributed by atoms with Gasteiger partial charge >= 0.3 is 11.9 Å². The maximum Gasteiger partial charge on any atom is 0.347 e. The van der Waals surface area contributed by atoms with Crippen LogP contribution in [-0.2, 0) is 11.4 Å². The number of para-hydroxylation sites is 1. The fourth-order valence-corrected chi connectivity index (χ4v) is 2.59. The average Bonchev–Trinajstić information content (AvgIpc) is 2.62. The zero-order valence-electron chi connectivity index (χ0n) is 13.6. The Morgan fingerprint density at radius 3 is 2.24 bits per heavy atom. The van der Waals surface area contributed by atoms with Crippen molar-refractivity contribution in [2.24, 2.45) is 0 Å². The summed E-state index contributed by atoms with van der Waals surface area (Å²) in [4.78, 5) is 23.7. The first-order valence-corrected chi connectivity index (χ1v) is 7.71. The Morgan fingerprint density at radius 1 is 0.840 bits per heavy atom. The van der Waals surface area contributed by atoms with Crippen LogP contribution < -0.4 is 9.47 Å². The van der Waals surface area contributed by atoms with Gasteiger partial charge in [-0.25, -0.2) is 4.79 Å². The summed E-state index contributed by atoms with van der Waals surface area (Å²) in [5, 5.41) is 11.0. The number of fused-ring (bicyclic) bond motifs is 1. The number of aliphatic hydroxyl groups excluding tert-OH is 1. The Bertz CT molecular complexity index is 946. The first kappa shape index (κ1) is 16.7. The summed E-state index contributed by atoms with van der Waals surface area (Å²) in [6, 6.07) is 17.1. The number of benzene rings is 3. The summed E-state index contributed by atoms with van der Waals surface area (Å²) in [5.41, 5.74) is 0.906. The largest absolute Gasteiger partial charge is 0.426 e. The van der Waals surface area contributed by atoms with Crippen molar-refractivity contribution in [2.75, 3.05) is 0 Å². The summed E-state index contributed by atoms with van der Waals surface area (Å²) >= 11 is 0. The van der Waals surface area contributed by atoms with Crippen molar-refractivity contribution in [3.63, 3.8) is 0 Å². The van der Waals surface area contributed by atoms with E-state index in [0.717, 1.165) is 10.9 Å². The maximum absolute atomic E-state index is 12.6. The standard InChI is InChI=1S/C20H16O5/c1-13(22)24-18-9-5-4-8-17(18)20(23)25-19-11-10-14(12-21)15-6-2-3-7-16(15)19/h2-11,21H,12H2,1H3. The second kappa shape index (κ2) is 7.15. The van der Waals surface area contributed by atoms with E-state index in [2.05, 4.69) is 0 Å². The summed E-state index contributed by atoms with van der Waals surface area (Å²) in [7, 11) is 0. The lowest BCUT2D eigenvalue weighted by atomic mass is 10.0. The van der Waals surface area contributed by atoms with Crippen LogP contribution in [0.3, 0.4) is 0 Å². The van der Waals surface area contributed by atoms with Crippen LogP contribution in [0, 0.1) is 0 Å². The van der Waals surface area contributed by atoms with Gasteiger partial charge in [0.25, 0.3) is 0 Å². The van der Waals surface area contributed by atoms with E-state index in [1.165, 1.54) is 19.1 Å². The summed E-state index contributed by atoms with van der Waals surface area (Å²) in [6.45, 7) is 1.16. The Balaban J connectivity index is 1.97. The van der Waals surface area contributed by atoms with Crippen molar-refractivity contribution < 1.29 is 24.2 Å². The van der Waals surface area contributed by atoms with E-state index in [1.807, 2.05) is 24.3 Å². The number of carbonyl (C=O) groups is 2. The summed E-state index contributed by atoms with van der Waals surface area (Å²) in [6.07, 6.45) is 0. The van der Waals surface area contributed by atoms with Gasteiger partial charge in [-0.2, -0.15) is 0 Å². The molecule has 3 aromatic rings. The molecule has 126 valence electrons. The number of hydrogen-bond acceptors (Lipinski definition) is 5. The molecule has 0 amide bonds. The van der Waals surface area contributed by atoms with E-state index < -0.39 is 11.9 Å². The summed E-state index contributed by atoms with van der Waals surface area (Å²) in [5.74, 6) is -0.622. The highest BCUT2D eigenvalue weighted by atomic mass is 16.5. The minimum absolute atomic E-state index is 0.107. The molecule has 5 heteroatoms. The van der Waals surface area contributed by atoms with Crippen LogP contribution in [0.5, 0.6) is 11.5 Å². The second-order valence-corrected chi connectivity index (χ2v) is 5.41. The third-order valence-corrected chi connectivity index (χ3v) is 3.71. The van der Waals surface area contributed by atoms with Crippen molar-refractivity contribution in [1.82, 2.24) is 0 Å². The van der Waals surface area contributed by atoms with Crippen molar-refractivity contribution >= 4 is 22.7 Å². The zero-order chi connectivity index (χ0) is 17.8. The molecule has 3 aromatic carbocycles. The zero-order valence-corrected chi connectivity index (χ0v) is 13.6. The Labute approximate surface area is 144 Å². The van der Waals surface area contributed by atoms with Gasteiger partial charge in [0.1, 0.15) is 17.1 Å². The minimum Gasteiger partial charge on any atom is -0.426 e. The number of esters is 2. The van der Waals surface area contributed by atoms with Gasteiger partial charge in [0, 0.05) is 12.3 Å². The molecule has 1 N–H and O–H groups in total. The molecule has 5 nitrogen and oxygen atoms in total. The first-order valence-electron chi connectivity index (χ1n) is 7.71. The van der Waals surface area contributed by atoms with Crippen molar-refractivity contribution in [1.29, 1.82) is 0 Å². The number of aliphatic hydroxyl groups is 1. The Hall–Kier alpha value is -3.18. The molecule has 0 aliphatic rings. The first-order chi connectivity index (χ1) is 12.1. The molecule has 0 aromatic heterocycles. The van der Waals surface area contributed by atoms with Gasteiger partial charge in [0.2, 0.25) is 0 Å². The van der Waals surface area contributed by atoms with Gasteiger partial charge < -0.3 is 14.6 Å². The van der Waals surface area contributed by atoms with Crippen LogP contribution >= 0.6 is 0 Å². The normalized spacial score (nSPS) is 10.5. The lowest BCUT2D eigenvalue weighted by molar-refractivity contribution is -0.131. The predicted molar refractivity (Wildman–Crippen MR) is 92.6 cm³/mol. The van der Waals surface area contributed by atoms with Gasteiger partial charge in [-0.05, 0) is 29.1 Å². The predicted octanol–water partition coefficient (Wildman–Crippen LogP) is 3.48. The van der Waals surface area contributed by atoms with Crippen LogP contribution in [0.25, 0.3) is 10.8 Å². The molecule has 0 bridgehead atoms. The second-order valence-electron chi connectivity index (χ2n) is 5.41. The molecule has 0 fully saturated rings. The molecular weight excluding hydrogens is 320 g/mol. The van der Waals surface area contributed by atoms with Crippen molar-refractivity contribution in [3.05, 3.63) is 71.8 Å². The average molecular weight is 336 g/mol. The highest BCUT2D eigenvalue weighted by Crippen LogP contribution is 2.30. The molecule has 0 saturated heterocycles. The third-order valence-electron chi connectivity index (χ3n) is 3.71. The fraction of sp³-hybridized carbons (Fsp3) is 0.100. The molecule has 0 unspecified atom stereocenters. The number of hydrogen-bond donors (Lipinski definition) is 1. The Kier molecular flexibility index (Phi) is 4.77. The van der Waals surface area contributed by atoms with Gasteiger partial charge in [0.05, 0.1) is 6.61 Å². The van der Waals surface area contributed by atoms with E-state index >= 15 is 0 Å². The Morgan fingerprint density at radius 2 is 1.52 bits per heavy atom. The number of rotatable bonds is 4. The molecule has 0 atom stereocenters. The van der Waals surface area contributed by atoms with E-state index in [0.29, 0.717) is 11.1 Å². The van der Waals surface area contributed by atoms with E-state index in [-0.39, 0.29) is 17.9 Å². The monoisotopic (exact) mass is 336 g/mol. The van der Waals surface area contributed by atoms with Gasteiger partial charge in [-0.3, -0.25) is 4.79 Å². The molecule has 0 aliphatic heterocycles. The molecule has 3 rings (SSSR count). The highest BCUT2D eigenvalue weighted by Gasteiger charge is 2.17. The van der Waals surface area contributed by atoms with E-state index in [1.54, 1.807) is 24.3 Å². The fourth-order valence-electron chi connectivity index (χ4n) is 2.59.